The van der Waals surface area contributed by atoms with Crippen LogP contribution in [0.5, 0.6) is 5.75 Å². The smallest absolute Gasteiger partial charge is 0.267 e. The minimum atomic E-state index is -3.55. The van der Waals surface area contributed by atoms with Crippen LogP contribution in [0.25, 0.3) is 0 Å². The fourth-order valence-electron chi connectivity index (χ4n) is 2.78. The molecule has 9 heteroatoms. The van der Waals surface area contributed by atoms with E-state index in [9.17, 15) is 18.0 Å². The van der Waals surface area contributed by atoms with Crippen molar-refractivity contribution in [3.05, 3.63) is 48.0 Å². The molecule has 3 rings (SSSR count). The van der Waals surface area contributed by atoms with Crippen LogP contribution in [0.2, 0.25) is 0 Å². The lowest BCUT2D eigenvalue weighted by Crippen LogP contribution is -2.41. The fourth-order valence-corrected chi connectivity index (χ4v) is 3.68. The molecule has 0 spiro atoms. The molecular weight excluding hydrogens is 382 g/mol. The van der Waals surface area contributed by atoms with Gasteiger partial charge in [0.25, 0.3) is 11.8 Å². The molecule has 0 radical (unpaired) electrons. The summed E-state index contributed by atoms with van der Waals surface area (Å²) in [5.74, 6) is -0.00710. The van der Waals surface area contributed by atoms with Crippen molar-refractivity contribution >= 4 is 33.2 Å². The number of anilines is 2. The van der Waals surface area contributed by atoms with Crippen LogP contribution in [-0.2, 0) is 14.8 Å². The number of sulfonamides is 1. The van der Waals surface area contributed by atoms with Crippen molar-refractivity contribution < 1.29 is 22.7 Å². The summed E-state index contributed by atoms with van der Waals surface area (Å²) in [6, 6.07) is 10.7. The molecule has 0 saturated heterocycles. The Labute approximate surface area is 163 Å². The van der Waals surface area contributed by atoms with E-state index in [-0.39, 0.29) is 10.8 Å². The quantitative estimate of drug-likeness (QED) is 0.842. The molecule has 0 aromatic heterocycles. The third-order valence-corrected chi connectivity index (χ3v) is 6.28. The Morgan fingerprint density at radius 1 is 1.14 bits per heavy atom. The first kappa shape index (κ1) is 19.8. The fraction of sp³-hybridized carbons (Fsp3) is 0.263. The number of ether oxygens (including phenoxy) is 1. The zero-order chi connectivity index (χ0) is 20.6. The molecule has 28 heavy (non-hydrogen) atoms. The molecule has 1 heterocycles. The molecular formula is C19H21N3O5S. The maximum atomic E-state index is 12.5. The van der Waals surface area contributed by atoms with Crippen LogP contribution in [-0.4, -0.2) is 51.8 Å². The zero-order valence-corrected chi connectivity index (χ0v) is 16.8. The largest absolute Gasteiger partial charge is 0.479 e. The van der Waals surface area contributed by atoms with Gasteiger partial charge in [0.15, 0.2) is 6.10 Å². The first-order valence-corrected chi connectivity index (χ1v) is 9.97. The summed E-state index contributed by atoms with van der Waals surface area (Å²) in [5.41, 5.74) is 1.37. The molecule has 1 N–H and O–H groups in total. The van der Waals surface area contributed by atoms with Gasteiger partial charge in [-0.2, -0.15) is 0 Å². The summed E-state index contributed by atoms with van der Waals surface area (Å²) in [5, 5.41) is 2.74. The van der Waals surface area contributed by atoms with Gasteiger partial charge in [0, 0.05) is 32.4 Å². The summed E-state index contributed by atoms with van der Waals surface area (Å²) in [6.45, 7) is 1.68. The van der Waals surface area contributed by atoms with Crippen molar-refractivity contribution in [1.82, 2.24) is 4.31 Å². The number of nitrogens with zero attached hydrogens (tertiary/aromatic N) is 2. The topological polar surface area (TPSA) is 96.0 Å². The molecule has 1 aliphatic heterocycles. The normalized spacial score (nSPS) is 16.5. The first-order chi connectivity index (χ1) is 13.1. The lowest BCUT2D eigenvalue weighted by molar-refractivity contribution is -0.125. The van der Waals surface area contributed by atoms with E-state index < -0.39 is 22.0 Å². The molecule has 1 unspecified atom stereocenters. The molecule has 148 valence electrons. The number of likely N-dealkylation sites (N-methyl/N-ethyl adjacent to an activating group) is 1. The maximum Gasteiger partial charge on any atom is 0.267 e. The van der Waals surface area contributed by atoms with Crippen molar-refractivity contribution in [2.45, 2.75) is 17.9 Å². The van der Waals surface area contributed by atoms with E-state index in [2.05, 4.69) is 5.32 Å². The second-order valence-corrected chi connectivity index (χ2v) is 8.76. The molecule has 0 aliphatic carbocycles. The average Bonchev–Trinajstić information content (AvgIpc) is 2.66. The molecule has 0 bridgehead atoms. The third-order valence-electron chi connectivity index (χ3n) is 4.46. The van der Waals surface area contributed by atoms with Crippen LogP contribution >= 0.6 is 0 Å². The van der Waals surface area contributed by atoms with Gasteiger partial charge in [0.05, 0.1) is 10.6 Å². The van der Waals surface area contributed by atoms with Crippen molar-refractivity contribution in [2.24, 2.45) is 0 Å². The Hall–Kier alpha value is -2.91. The Kier molecular flexibility index (Phi) is 5.14. The first-order valence-electron chi connectivity index (χ1n) is 8.53. The third kappa shape index (κ3) is 3.58. The maximum absolute atomic E-state index is 12.5. The summed E-state index contributed by atoms with van der Waals surface area (Å²) >= 11 is 0. The van der Waals surface area contributed by atoms with Gasteiger partial charge in [-0.05, 0) is 49.4 Å². The number of hydrogen-bond acceptors (Lipinski definition) is 5. The summed E-state index contributed by atoms with van der Waals surface area (Å²) < 4.78 is 30.9. The Bertz CT molecular complexity index is 1030. The van der Waals surface area contributed by atoms with E-state index in [1.807, 2.05) is 0 Å². The number of fused-ring (bicyclic) bond motifs is 1. The molecule has 0 fully saturated rings. The van der Waals surface area contributed by atoms with Crippen LogP contribution < -0.4 is 15.0 Å². The van der Waals surface area contributed by atoms with E-state index in [4.69, 9.17) is 4.74 Å². The molecule has 1 atom stereocenters. The highest BCUT2D eigenvalue weighted by Gasteiger charge is 2.29. The molecule has 0 saturated carbocycles. The van der Waals surface area contributed by atoms with Gasteiger partial charge < -0.3 is 15.0 Å². The second-order valence-electron chi connectivity index (χ2n) is 6.61. The summed E-state index contributed by atoms with van der Waals surface area (Å²) in [7, 11) is 0.980. The highest BCUT2D eigenvalue weighted by atomic mass is 32.2. The van der Waals surface area contributed by atoms with E-state index in [1.165, 1.54) is 43.3 Å². The van der Waals surface area contributed by atoms with Crippen molar-refractivity contribution in [2.75, 3.05) is 31.4 Å². The van der Waals surface area contributed by atoms with Gasteiger partial charge in [0.2, 0.25) is 10.0 Å². The van der Waals surface area contributed by atoms with Crippen molar-refractivity contribution in [3.63, 3.8) is 0 Å². The standard InChI is InChI=1S/C19H21N3O5S/c1-12-19(24)22(4)16-11-14(7-10-17(16)27-12)20-18(23)13-5-8-15(9-6-13)28(25,26)21(2)3/h5-12H,1-4H3,(H,20,23). The number of carbonyl (C=O) groups excluding carboxylic acids is 2. The van der Waals surface area contributed by atoms with E-state index in [0.717, 1.165) is 4.31 Å². The average molecular weight is 403 g/mol. The van der Waals surface area contributed by atoms with Gasteiger partial charge in [-0.25, -0.2) is 12.7 Å². The number of carbonyl (C=O) groups is 2. The number of rotatable bonds is 4. The Morgan fingerprint density at radius 2 is 1.79 bits per heavy atom. The lowest BCUT2D eigenvalue weighted by Gasteiger charge is -2.30. The van der Waals surface area contributed by atoms with Gasteiger partial charge in [-0.15, -0.1) is 0 Å². The van der Waals surface area contributed by atoms with E-state index in [0.29, 0.717) is 22.7 Å². The van der Waals surface area contributed by atoms with Gasteiger partial charge in [-0.1, -0.05) is 0 Å². The molecule has 1 aliphatic rings. The molecule has 8 nitrogen and oxygen atoms in total. The van der Waals surface area contributed by atoms with Gasteiger partial charge in [-0.3, -0.25) is 9.59 Å². The highest BCUT2D eigenvalue weighted by Crippen LogP contribution is 2.35. The number of amides is 2. The highest BCUT2D eigenvalue weighted by molar-refractivity contribution is 7.89. The molecule has 2 aromatic rings. The summed E-state index contributed by atoms with van der Waals surface area (Å²) in [6.07, 6.45) is -0.560. The van der Waals surface area contributed by atoms with Gasteiger partial charge >= 0.3 is 0 Å². The number of nitrogens with one attached hydrogen (secondary N) is 1. The minimum absolute atomic E-state index is 0.106. The van der Waals surface area contributed by atoms with E-state index in [1.54, 1.807) is 32.2 Å². The van der Waals surface area contributed by atoms with Crippen molar-refractivity contribution in [3.8, 4) is 5.75 Å². The van der Waals surface area contributed by atoms with Crippen LogP contribution in [0.4, 0.5) is 11.4 Å². The Balaban J connectivity index is 1.80. The summed E-state index contributed by atoms with van der Waals surface area (Å²) in [4.78, 5) is 26.1. The van der Waals surface area contributed by atoms with Crippen LogP contribution in [0.3, 0.4) is 0 Å². The van der Waals surface area contributed by atoms with E-state index >= 15 is 0 Å². The van der Waals surface area contributed by atoms with Crippen molar-refractivity contribution in [1.29, 1.82) is 0 Å². The predicted molar refractivity (Wildman–Crippen MR) is 105 cm³/mol. The number of hydrogen-bond donors (Lipinski definition) is 1. The minimum Gasteiger partial charge on any atom is -0.479 e. The van der Waals surface area contributed by atoms with Crippen LogP contribution in [0, 0.1) is 0 Å². The Morgan fingerprint density at radius 3 is 2.39 bits per heavy atom. The lowest BCUT2D eigenvalue weighted by atomic mass is 10.1. The number of benzene rings is 2. The monoisotopic (exact) mass is 403 g/mol. The molecule has 2 amide bonds. The second kappa shape index (κ2) is 7.25. The SMILES string of the molecule is CC1Oc2ccc(NC(=O)c3ccc(S(=O)(=O)N(C)C)cc3)cc2N(C)C1=O. The molecule has 2 aromatic carbocycles. The van der Waals surface area contributed by atoms with Gasteiger partial charge in [0.1, 0.15) is 5.75 Å². The predicted octanol–water partition coefficient (Wildman–Crippen LogP) is 1.93. The van der Waals surface area contributed by atoms with Crippen LogP contribution in [0.1, 0.15) is 17.3 Å². The zero-order valence-electron chi connectivity index (χ0n) is 16.0. The van der Waals surface area contributed by atoms with Crippen LogP contribution in [0.15, 0.2) is 47.4 Å².